The summed E-state index contributed by atoms with van der Waals surface area (Å²) in [7, 11) is 1.65. The lowest BCUT2D eigenvalue weighted by Crippen LogP contribution is -2.15. The molecule has 1 saturated heterocycles. The quantitative estimate of drug-likeness (QED) is 0.871. The molecule has 0 saturated carbocycles. The Balaban J connectivity index is 2.10. The van der Waals surface area contributed by atoms with Crippen molar-refractivity contribution in [2.75, 3.05) is 26.9 Å². The lowest BCUT2D eigenvalue weighted by Gasteiger charge is -2.18. The predicted molar refractivity (Wildman–Crippen MR) is 70.0 cm³/mol. The summed E-state index contributed by atoms with van der Waals surface area (Å²) in [5.41, 5.74) is 6.92. The van der Waals surface area contributed by atoms with Gasteiger partial charge in [0.25, 0.3) is 0 Å². The first-order valence-electron chi connectivity index (χ1n) is 6.35. The van der Waals surface area contributed by atoms with E-state index in [4.69, 9.17) is 19.9 Å². The van der Waals surface area contributed by atoms with Crippen molar-refractivity contribution in [1.29, 1.82) is 0 Å². The number of hydrogen-bond acceptors (Lipinski definition) is 4. The average molecular weight is 251 g/mol. The van der Waals surface area contributed by atoms with Gasteiger partial charge in [-0.25, -0.2) is 0 Å². The van der Waals surface area contributed by atoms with E-state index in [1.807, 2.05) is 25.1 Å². The van der Waals surface area contributed by atoms with Gasteiger partial charge in [0.1, 0.15) is 11.5 Å². The topological polar surface area (TPSA) is 53.7 Å². The molecule has 2 atom stereocenters. The average Bonchev–Trinajstić information content (AvgIpc) is 2.88. The third-order valence-corrected chi connectivity index (χ3v) is 3.20. The van der Waals surface area contributed by atoms with Crippen LogP contribution in [0.5, 0.6) is 11.5 Å². The predicted octanol–water partition coefficient (Wildman–Crippen LogP) is 2.13. The molecule has 4 heteroatoms. The lowest BCUT2D eigenvalue weighted by molar-refractivity contribution is 0.166. The van der Waals surface area contributed by atoms with Crippen molar-refractivity contribution in [2.24, 2.45) is 11.7 Å². The zero-order valence-corrected chi connectivity index (χ0v) is 11.0. The number of hydrogen-bond donors (Lipinski definition) is 1. The highest BCUT2D eigenvalue weighted by molar-refractivity contribution is 5.46. The fraction of sp³-hybridized carbons (Fsp3) is 0.571. The molecule has 0 amide bonds. The van der Waals surface area contributed by atoms with Crippen LogP contribution in [0.25, 0.3) is 0 Å². The maximum absolute atomic E-state index is 5.99. The molecule has 2 rings (SSSR count). The first-order valence-corrected chi connectivity index (χ1v) is 6.35. The Bertz CT molecular complexity index is 387. The molecule has 0 spiro atoms. The Hall–Kier alpha value is -1.26. The number of nitrogens with two attached hydrogens (primary N) is 1. The maximum Gasteiger partial charge on any atom is 0.127 e. The van der Waals surface area contributed by atoms with Crippen LogP contribution < -0.4 is 15.2 Å². The highest BCUT2D eigenvalue weighted by atomic mass is 16.5. The Morgan fingerprint density at radius 2 is 2.22 bits per heavy atom. The Kier molecular flexibility index (Phi) is 4.44. The molecule has 0 bridgehead atoms. The Morgan fingerprint density at radius 3 is 2.83 bits per heavy atom. The highest BCUT2D eigenvalue weighted by Crippen LogP contribution is 2.33. The first-order chi connectivity index (χ1) is 8.72. The van der Waals surface area contributed by atoms with Crippen LogP contribution in [0.2, 0.25) is 0 Å². The molecular formula is C14H21NO3. The SMILES string of the molecule is COc1cccc(OCC2CCOC2)c1C(C)N. The summed E-state index contributed by atoms with van der Waals surface area (Å²) in [6, 6.07) is 5.66. The van der Waals surface area contributed by atoms with Crippen LogP contribution in [0.15, 0.2) is 18.2 Å². The fourth-order valence-corrected chi connectivity index (χ4v) is 2.20. The van der Waals surface area contributed by atoms with Gasteiger partial charge in [-0.1, -0.05) is 6.07 Å². The van der Waals surface area contributed by atoms with Gasteiger partial charge < -0.3 is 19.9 Å². The summed E-state index contributed by atoms with van der Waals surface area (Å²) >= 11 is 0. The van der Waals surface area contributed by atoms with E-state index in [9.17, 15) is 0 Å². The van der Waals surface area contributed by atoms with Crippen LogP contribution in [-0.2, 0) is 4.74 Å². The summed E-state index contributed by atoms with van der Waals surface area (Å²) in [5.74, 6) is 2.08. The third-order valence-electron chi connectivity index (χ3n) is 3.20. The smallest absolute Gasteiger partial charge is 0.127 e. The largest absolute Gasteiger partial charge is 0.496 e. The molecule has 0 radical (unpaired) electrons. The summed E-state index contributed by atoms with van der Waals surface area (Å²) in [6.45, 7) is 4.24. The number of benzene rings is 1. The molecule has 0 aliphatic carbocycles. The standard InChI is InChI=1S/C14H21NO3/c1-10(15)14-12(16-2)4-3-5-13(14)18-9-11-6-7-17-8-11/h3-5,10-11H,6-9,15H2,1-2H3. The van der Waals surface area contributed by atoms with Gasteiger partial charge in [0.2, 0.25) is 0 Å². The van der Waals surface area contributed by atoms with Gasteiger partial charge in [-0.05, 0) is 25.5 Å². The summed E-state index contributed by atoms with van der Waals surface area (Å²) in [4.78, 5) is 0. The summed E-state index contributed by atoms with van der Waals surface area (Å²) in [5, 5.41) is 0. The zero-order chi connectivity index (χ0) is 13.0. The van der Waals surface area contributed by atoms with E-state index in [1.165, 1.54) is 0 Å². The van der Waals surface area contributed by atoms with Crippen molar-refractivity contribution in [3.05, 3.63) is 23.8 Å². The molecule has 1 aromatic carbocycles. The van der Waals surface area contributed by atoms with Crippen LogP contribution in [0.1, 0.15) is 24.9 Å². The van der Waals surface area contributed by atoms with E-state index < -0.39 is 0 Å². The van der Waals surface area contributed by atoms with Crippen molar-refractivity contribution >= 4 is 0 Å². The second kappa shape index (κ2) is 6.07. The molecule has 100 valence electrons. The molecule has 1 heterocycles. The maximum atomic E-state index is 5.99. The van der Waals surface area contributed by atoms with E-state index in [1.54, 1.807) is 7.11 Å². The molecular weight excluding hydrogens is 230 g/mol. The van der Waals surface area contributed by atoms with Gasteiger partial charge in [-0.3, -0.25) is 0 Å². The van der Waals surface area contributed by atoms with E-state index >= 15 is 0 Å². The number of rotatable bonds is 5. The van der Waals surface area contributed by atoms with Gasteiger partial charge in [0, 0.05) is 18.6 Å². The number of ether oxygens (including phenoxy) is 3. The summed E-state index contributed by atoms with van der Waals surface area (Å²) in [6.07, 6.45) is 1.07. The van der Waals surface area contributed by atoms with E-state index in [2.05, 4.69) is 0 Å². The fourth-order valence-electron chi connectivity index (χ4n) is 2.20. The van der Waals surface area contributed by atoms with Crippen LogP contribution in [0.4, 0.5) is 0 Å². The lowest BCUT2D eigenvalue weighted by atomic mass is 10.1. The zero-order valence-electron chi connectivity index (χ0n) is 11.0. The van der Waals surface area contributed by atoms with Gasteiger partial charge in [-0.2, -0.15) is 0 Å². The highest BCUT2D eigenvalue weighted by Gasteiger charge is 2.19. The molecule has 1 aliphatic heterocycles. The molecule has 18 heavy (non-hydrogen) atoms. The van der Waals surface area contributed by atoms with E-state index in [-0.39, 0.29) is 6.04 Å². The monoisotopic (exact) mass is 251 g/mol. The van der Waals surface area contributed by atoms with Crippen LogP contribution in [0, 0.1) is 5.92 Å². The van der Waals surface area contributed by atoms with Gasteiger partial charge >= 0.3 is 0 Å². The van der Waals surface area contributed by atoms with Crippen molar-refractivity contribution in [1.82, 2.24) is 0 Å². The molecule has 1 aromatic rings. The molecule has 4 nitrogen and oxygen atoms in total. The van der Waals surface area contributed by atoms with Crippen molar-refractivity contribution in [2.45, 2.75) is 19.4 Å². The summed E-state index contributed by atoms with van der Waals surface area (Å²) < 4.78 is 16.6. The van der Waals surface area contributed by atoms with E-state index in [0.717, 1.165) is 36.7 Å². The second-order valence-corrected chi connectivity index (χ2v) is 4.70. The van der Waals surface area contributed by atoms with Crippen molar-refractivity contribution in [3.63, 3.8) is 0 Å². The van der Waals surface area contributed by atoms with Crippen molar-refractivity contribution < 1.29 is 14.2 Å². The third kappa shape index (κ3) is 2.94. The molecule has 0 aromatic heterocycles. The minimum absolute atomic E-state index is 0.115. The van der Waals surface area contributed by atoms with Crippen LogP contribution >= 0.6 is 0 Å². The molecule has 1 fully saturated rings. The first kappa shape index (κ1) is 13.2. The van der Waals surface area contributed by atoms with Gasteiger partial charge in [0.05, 0.1) is 25.9 Å². The van der Waals surface area contributed by atoms with Gasteiger partial charge in [0.15, 0.2) is 0 Å². The van der Waals surface area contributed by atoms with Crippen LogP contribution in [0.3, 0.4) is 0 Å². The Morgan fingerprint density at radius 1 is 1.44 bits per heavy atom. The normalized spacial score (nSPS) is 20.7. The van der Waals surface area contributed by atoms with Gasteiger partial charge in [-0.15, -0.1) is 0 Å². The molecule has 1 aliphatic rings. The van der Waals surface area contributed by atoms with E-state index in [0.29, 0.717) is 12.5 Å². The Labute approximate surface area is 108 Å². The number of methoxy groups -OCH3 is 1. The van der Waals surface area contributed by atoms with Crippen molar-refractivity contribution in [3.8, 4) is 11.5 Å². The minimum atomic E-state index is -0.115. The molecule has 2 unspecified atom stereocenters. The van der Waals surface area contributed by atoms with Crippen LogP contribution in [-0.4, -0.2) is 26.9 Å². The minimum Gasteiger partial charge on any atom is -0.496 e. The second-order valence-electron chi connectivity index (χ2n) is 4.70. The molecule has 2 N–H and O–H groups in total.